The summed E-state index contributed by atoms with van der Waals surface area (Å²) in [6.45, 7) is 12.2. The van der Waals surface area contributed by atoms with Gasteiger partial charge in [0.15, 0.2) is 0 Å². The molecule has 0 aromatic carbocycles. The number of hydrogen-bond acceptors (Lipinski definition) is 7. The number of hydrogen-bond donors (Lipinski definition) is 1. The number of carbonyl (C=O) groups is 3. The van der Waals surface area contributed by atoms with Gasteiger partial charge in [-0.2, -0.15) is 0 Å². The van der Waals surface area contributed by atoms with Crippen LogP contribution in [-0.2, 0) is 28.6 Å². The van der Waals surface area contributed by atoms with Gasteiger partial charge in [-0.25, -0.2) is 0 Å². The predicted octanol–water partition coefficient (Wildman–Crippen LogP) is 1.69. The molecule has 0 aliphatic carbocycles. The van der Waals surface area contributed by atoms with E-state index in [0.29, 0.717) is 77.1 Å². The van der Waals surface area contributed by atoms with Gasteiger partial charge in [-0.05, 0) is 37.5 Å². The van der Waals surface area contributed by atoms with Crippen molar-refractivity contribution >= 4 is 17.8 Å². The average molecular weight is 484 g/mol. The number of ether oxygens (including phenoxy) is 3. The van der Waals surface area contributed by atoms with Crippen molar-refractivity contribution in [3.05, 3.63) is 0 Å². The van der Waals surface area contributed by atoms with Crippen molar-refractivity contribution in [3.8, 4) is 0 Å². The van der Waals surface area contributed by atoms with E-state index in [1.807, 2.05) is 4.90 Å². The minimum absolute atomic E-state index is 0.00519. The molecular weight excluding hydrogens is 438 g/mol. The third-order valence-electron chi connectivity index (χ3n) is 6.43. The average Bonchev–Trinajstić information content (AvgIpc) is 2.80. The van der Waals surface area contributed by atoms with E-state index in [1.165, 1.54) is 0 Å². The fourth-order valence-corrected chi connectivity index (χ4v) is 4.64. The number of piperazine rings is 1. The number of nitrogens with zero attached hydrogens (tertiary/aromatic N) is 2. The summed E-state index contributed by atoms with van der Waals surface area (Å²) in [5, 5.41) is 3.32. The maximum Gasteiger partial charge on any atom is 0.309 e. The molecule has 0 bridgehead atoms. The SMILES string of the molecule is COCCOCCOC(=O)C1CCN(C(=O)C(CC(C)C)N2CCN[C@@H](CC(C)C)C2=O)CC1. The molecule has 0 aromatic rings. The lowest BCUT2D eigenvalue weighted by molar-refractivity contribution is -0.155. The van der Waals surface area contributed by atoms with Crippen molar-refractivity contribution in [3.63, 3.8) is 0 Å². The minimum atomic E-state index is -0.447. The summed E-state index contributed by atoms with van der Waals surface area (Å²) >= 11 is 0. The second kappa shape index (κ2) is 14.6. The highest BCUT2D eigenvalue weighted by atomic mass is 16.6. The summed E-state index contributed by atoms with van der Waals surface area (Å²) in [7, 11) is 1.61. The van der Waals surface area contributed by atoms with Crippen LogP contribution in [0.2, 0.25) is 0 Å². The zero-order chi connectivity index (χ0) is 25.1. The van der Waals surface area contributed by atoms with Crippen LogP contribution in [0.15, 0.2) is 0 Å². The normalized spacial score (nSPS) is 20.8. The molecule has 9 nitrogen and oxygen atoms in total. The number of esters is 1. The highest BCUT2D eigenvalue weighted by molar-refractivity contribution is 5.90. The largest absolute Gasteiger partial charge is 0.463 e. The Hall–Kier alpha value is -1.71. The van der Waals surface area contributed by atoms with Gasteiger partial charge in [0, 0.05) is 33.3 Å². The Morgan fingerprint density at radius 3 is 2.29 bits per heavy atom. The van der Waals surface area contributed by atoms with Crippen LogP contribution < -0.4 is 5.32 Å². The molecule has 2 aliphatic heterocycles. The van der Waals surface area contributed by atoms with E-state index in [4.69, 9.17) is 14.2 Å². The Kier molecular flexibility index (Phi) is 12.3. The minimum Gasteiger partial charge on any atom is -0.463 e. The van der Waals surface area contributed by atoms with Gasteiger partial charge < -0.3 is 29.3 Å². The Labute approximate surface area is 204 Å². The second-order valence-electron chi connectivity index (χ2n) is 10.2. The Balaban J connectivity index is 1.89. The first-order valence-corrected chi connectivity index (χ1v) is 12.8. The summed E-state index contributed by atoms with van der Waals surface area (Å²) in [6, 6.07) is -0.674. The Morgan fingerprint density at radius 2 is 1.68 bits per heavy atom. The van der Waals surface area contributed by atoms with Gasteiger partial charge in [0.2, 0.25) is 11.8 Å². The molecule has 9 heteroatoms. The van der Waals surface area contributed by atoms with E-state index in [0.717, 1.165) is 6.42 Å². The van der Waals surface area contributed by atoms with Crippen LogP contribution in [0.1, 0.15) is 53.4 Å². The number of rotatable bonds is 13. The van der Waals surface area contributed by atoms with E-state index in [-0.39, 0.29) is 36.4 Å². The van der Waals surface area contributed by atoms with Crippen molar-refractivity contribution in [1.82, 2.24) is 15.1 Å². The maximum atomic E-state index is 13.5. The first kappa shape index (κ1) is 28.5. The molecule has 0 radical (unpaired) electrons. The topological polar surface area (TPSA) is 97.4 Å². The summed E-state index contributed by atoms with van der Waals surface area (Å²) < 4.78 is 15.6. The van der Waals surface area contributed by atoms with Gasteiger partial charge in [-0.15, -0.1) is 0 Å². The van der Waals surface area contributed by atoms with Crippen LogP contribution in [0.3, 0.4) is 0 Å². The van der Waals surface area contributed by atoms with Gasteiger partial charge >= 0.3 is 5.97 Å². The monoisotopic (exact) mass is 483 g/mol. The lowest BCUT2D eigenvalue weighted by Gasteiger charge is -2.42. The van der Waals surface area contributed by atoms with Gasteiger partial charge in [0.25, 0.3) is 0 Å². The number of piperidine rings is 1. The standard InChI is InChI=1S/C25H45N3O6/c1-18(2)16-21-23(29)28(11-8-26-21)22(17-19(3)4)24(30)27-9-6-20(7-10-27)25(31)34-15-14-33-13-12-32-5/h18-22,26H,6-17H2,1-5H3/t21-,22?/m0/s1. The van der Waals surface area contributed by atoms with Gasteiger partial charge in [-0.3, -0.25) is 14.4 Å². The molecule has 2 heterocycles. The van der Waals surface area contributed by atoms with Gasteiger partial charge in [-0.1, -0.05) is 27.7 Å². The number of carbonyl (C=O) groups excluding carboxylic acids is 3. The fourth-order valence-electron chi connectivity index (χ4n) is 4.64. The molecule has 1 N–H and O–H groups in total. The van der Waals surface area contributed by atoms with Crippen molar-refractivity contribution < 1.29 is 28.6 Å². The van der Waals surface area contributed by atoms with Gasteiger partial charge in [0.05, 0.1) is 31.8 Å². The molecule has 0 saturated carbocycles. The molecule has 0 aromatic heterocycles. The van der Waals surface area contributed by atoms with E-state index >= 15 is 0 Å². The van der Waals surface area contributed by atoms with Crippen LogP contribution in [0.25, 0.3) is 0 Å². The Bertz CT molecular complexity index is 649. The highest BCUT2D eigenvalue weighted by Crippen LogP contribution is 2.24. The quantitative estimate of drug-likeness (QED) is 0.314. The molecule has 196 valence electrons. The summed E-state index contributed by atoms with van der Waals surface area (Å²) in [6.07, 6.45) is 2.57. The first-order valence-electron chi connectivity index (χ1n) is 12.8. The molecule has 2 fully saturated rings. The fraction of sp³-hybridized carbons (Fsp3) is 0.880. The van der Waals surface area contributed by atoms with Crippen molar-refractivity contribution in [2.75, 3.05) is 59.7 Å². The van der Waals surface area contributed by atoms with Crippen molar-refractivity contribution in [1.29, 1.82) is 0 Å². The molecule has 0 spiro atoms. The van der Waals surface area contributed by atoms with E-state index in [2.05, 4.69) is 33.0 Å². The van der Waals surface area contributed by atoms with Crippen LogP contribution in [-0.4, -0.2) is 99.4 Å². The third kappa shape index (κ3) is 8.82. The van der Waals surface area contributed by atoms with Crippen molar-refractivity contribution in [2.24, 2.45) is 17.8 Å². The van der Waals surface area contributed by atoms with Crippen molar-refractivity contribution in [2.45, 2.75) is 65.5 Å². The molecule has 2 atom stereocenters. The number of amides is 2. The van der Waals surface area contributed by atoms with E-state index < -0.39 is 6.04 Å². The van der Waals surface area contributed by atoms with Gasteiger partial charge in [0.1, 0.15) is 12.6 Å². The molecular formula is C25H45N3O6. The smallest absolute Gasteiger partial charge is 0.309 e. The zero-order valence-electron chi connectivity index (χ0n) is 21.7. The van der Waals surface area contributed by atoms with Crippen LogP contribution in [0.4, 0.5) is 0 Å². The third-order valence-corrected chi connectivity index (χ3v) is 6.43. The molecule has 2 amide bonds. The van der Waals surface area contributed by atoms with Crippen LogP contribution >= 0.6 is 0 Å². The Morgan fingerprint density at radius 1 is 1.00 bits per heavy atom. The zero-order valence-corrected chi connectivity index (χ0v) is 21.7. The lowest BCUT2D eigenvalue weighted by Crippen LogP contribution is -2.62. The summed E-state index contributed by atoms with van der Waals surface area (Å²) in [5.74, 6) is 0.295. The molecule has 2 aliphatic rings. The van der Waals surface area contributed by atoms with Crippen LogP contribution in [0, 0.1) is 17.8 Å². The predicted molar refractivity (Wildman–Crippen MR) is 129 cm³/mol. The van der Waals surface area contributed by atoms with Crippen LogP contribution in [0.5, 0.6) is 0 Å². The molecule has 34 heavy (non-hydrogen) atoms. The molecule has 2 saturated heterocycles. The number of likely N-dealkylation sites (tertiary alicyclic amines) is 1. The number of methoxy groups -OCH3 is 1. The highest BCUT2D eigenvalue weighted by Gasteiger charge is 2.39. The summed E-state index contributed by atoms with van der Waals surface area (Å²) in [4.78, 5) is 42.8. The molecule has 2 rings (SSSR count). The first-order chi connectivity index (χ1) is 16.2. The second-order valence-corrected chi connectivity index (χ2v) is 10.2. The number of nitrogens with one attached hydrogen (secondary N) is 1. The summed E-state index contributed by atoms with van der Waals surface area (Å²) in [5.41, 5.74) is 0. The maximum absolute atomic E-state index is 13.5. The van der Waals surface area contributed by atoms with E-state index in [1.54, 1.807) is 12.0 Å². The lowest BCUT2D eigenvalue weighted by atomic mass is 9.94. The van der Waals surface area contributed by atoms with E-state index in [9.17, 15) is 14.4 Å². The molecule has 1 unspecified atom stereocenters.